The SMILES string of the molecule is Cc1ccc(OCCCCNC(=O)c2n[nH]c(C)c2Br)cc1. The number of H-pyrrole nitrogens is 1. The summed E-state index contributed by atoms with van der Waals surface area (Å²) in [6.45, 7) is 5.15. The fourth-order valence-corrected chi connectivity index (χ4v) is 2.26. The maximum atomic E-state index is 11.9. The standard InChI is InChI=1S/C16H20BrN3O2/c1-11-5-7-13(8-6-11)22-10-4-3-9-18-16(21)15-14(17)12(2)19-20-15/h5-8H,3-4,9-10H2,1-2H3,(H,18,21)(H,19,20). The first-order valence-electron chi connectivity index (χ1n) is 7.26. The third kappa shape index (κ3) is 4.59. The number of amides is 1. The number of aromatic amines is 1. The van der Waals surface area contributed by atoms with Crippen LogP contribution in [-0.2, 0) is 0 Å². The lowest BCUT2D eigenvalue weighted by molar-refractivity contribution is 0.0946. The number of nitrogens with one attached hydrogen (secondary N) is 2. The van der Waals surface area contributed by atoms with Gasteiger partial charge in [0.1, 0.15) is 5.75 Å². The van der Waals surface area contributed by atoms with Crippen LogP contribution in [0.2, 0.25) is 0 Å². The van der Waals surface area contributed by atoms with Crippen molar-refractivity contribution in [3.05, 3.63) is 45.7 Å². The molecule has 1 aromatic heterocycles. The van der Waals surface area contributed by atoms with E-state index in [4.69, 9.17) is 4.74 Å². The molecule has 2 rings (SSSR count). The number of rotatable bonds is 7. The summed E-state index contributed by atoms with van der Waals surface area (Å²) in [5.41, 5.74) is 2.46. The molecule has 0 aliphatic heterocycles. The van der Waals surface area contributed by atoms with E-state index in [0.29, 0.717) is 23.3 Å². The molecule has 0 saturated heterocycles. The van der Waals surface area contributed by atoms with Crippen molar-refractivity contribution in [2.75, 3.05) is 13.2 Å². The summed E-state index contributed by atoms with van der Waals surface area (Å²) >= 11 is 3.34. The van der Waals surface area contributed by atoms with Crippen LogP contribution in [0.15, 0.2) is 28.7 Å². The Morgan fingerprint density at radius 1 is 1.27 bits per heavy atom. The topological polar surface area (TPSA) is 67.0 Å². The highest BCUT2D eigenvalue weighted by atomic mass is 79.9. The number of carbonyl (C=O) groups excluding carboxylic acids is 1. The van der Waals surface area contributed by atoms with Crippen LogP contribution in [0.1, 0.15) is 34.6 Å². The molecule has 0 fully saturated rings. The van der Waals surface area contributed by atoms with Crippen LogP contribution in [-0.4, -0.2) is 29.3 Å². The number of nitrogens with zero attached hydrogens (tertiary/aromatic N) is 1. The number of hydrogen-bond acceptors (Lipinski definition) is 3. The molecule has 2 aromatic rings. The minimum atomic E-state index is -0.171. The number of aryl methyl sites for hydroxylation is 2. The zero-order valence-electron chi connectivity index (χ0n) is 12.8. The predicted molar refractivity (Wildman–Crippen MR) is 89.3 cm³/mol. The molecule has 1 amide bonds. The first-order chi connectivity index (χ1) is 10.6. The second-order valence-electron chi connectivity index (χ2n) is 5.14. The number of hydrogen-bond donors (Lipinski definition) is 2. The largest absolute Gasteiger partial charge is 0.494 e. The van der Waals surface area contributed by atoms with Crippen molar-refractivity contribution in [3.8, 4) is 5.75 Å². The minimum absolute atomic E-state index is 0.171. The van der Waals surface area contributed by atoms with Crippen LogP contribution < -0.4 is 10.1 Å². The van der Waals surface area contributed by atoms with Crippen molar-refractivity contribution in [2.45, 2.75) is 26.7 Å². The molecule has 1 heterocycles. The minimum Gasteiger partial charge on any atom is -0.494 e. The van der Waals surface area contributed by atoms with E-state index in [-0.39, 0.29) is 5.91 Å². The van der Waals surface area contributed by atoms with Crippen LogP contribution in [0.25, 0.3) is 0 Å². The summed E-state index contributed by atoms with van der Waals surface area (Å²) < 4.78 is 6.35. The van der Waals surface area contributed by atoms with Crippen LogP contribution in [0, 0.1) is 13.8 Å². The van der Waals surface area contributed by atoms with Gasteiger partial charge < -0.3 is 10.1 Å². The van der Waals surface area contributed by atoms with Crippen molar-refractivity contribution in [1.82, 2.24) is 15.5 Å². The molecular weight excluding hydrogens is 346 g/mol. The lowest BCUT2D eigenvalue weighted by Gasteiger charge is -2.07. The molecule has 0 aliphatic carbocycles. The molecule has 5 nitrogen and oxygen atoms in total. The summed E-state index contributed by atoms with van der Waals surface area (Å²) in [6, 6.07) is 7.99. The van der Waals surface area contributed by atoms with Gasteiger partial charge >= 0.3 is 0 Å². The molecular formula is C16H20BrN3O2. The second-order valence-corrected chi connectivity index (χ2v) is 5.93. The van der Waals surface area contributed by atoms with Gasteiger partial charge in [-0.15, -0.1) is 0 Å². The van der Waals surface area contributed by atoms with Crippen molar-refractivity contribution < 1.29 is 9.53 Å². The number of halogens is 1. The predicted octanol–water partition coefficient (Wildman–Crippen LogP) is 3.38. The smallest absolute Gasteiger partial charge is 0.272 e. The summed E-state index contributed by atoms with van der Waals surface area (Å²) in [5.74, 6) is 0.709. The lowest BCUT2D eigenvalue weighted by Crippen LogP contribution is -2.25. The molecule has 0 spiro atoms. The normalized spacial score (nSPS) is 10.5. The summed E-state index contributed by atoms with van der Waals surface area (Å²) in [5, 5.41) is 9.59. The number of aromatic nitrogens is 2. The Morgan fingerprint density at radius 3 is 2.64 bits per heavy atom. The monoisotopic (exact) mass is 365 g/mol. The van der Waals surface area contributed by atoms with E-state index in [9.17, 15) is 4.79 Å². The van der Waals surface area contributed by atoms with E-state index >= 15 is 0 Å². The van der Waals surface area contributed by atoms with Crippen molar-refractivity contribution in [2.24, 2.45) is 0 Å². The highest BCUT2D eigenvalue weighted by Gasteiger charge is 2.14. The Labute approximate surface area is 138 Å². The van der Waals surface area contributed by atoms with Crippen molar-refractivity contribution >= 4 is 21.8 Å². The second kappa shape index (κ2) is 7.98. The van der Waals surface area contributed by atoms with Gasteiger partial charge in [-0.25, -0.2) is 0 Å². The molecule has 6 heteroatoms. The molecule has 0 atom stereocenters. The number of unbranched alkanes of at least 4 members (excludes halogenated alkanes) is 1. The average Bonchev–Trinajstić information content (AvgIpc) is 2.84. The van der Waals surface area contributed by atoms with E-state index in [2.05, 4.69) is 31.4 Å². The third-order valence-electron chi connectivity index (χ3n) is 3.23. The van der Waals surface area contributed by atoms with Gasteiger partial charge in [0.05, 0.1) is 11.1 Å². The van der Waals surface area contributed by atoms with Gasteiger partial charge in [0.15, 0.2) is 5.69 Å². The summed E-state index contributed by atoms with van der Waals surface area (Å²) in [6.07, 6.45) is 1.74. The molecule has 0 saturated carbocycles. The van der Waals surface area contributed by atoms with Crippen LogP contribution in [0.3, 0.4) is 0 Å². The van der Waals surface area contributed by atoms with Gasteiger partial charge in [-0.3, -0.25) is 9.89 Å². The fraction of sp³-hybridized carbons (Fsp3) is 0.375. The molecule has 22 heavy (non-hydrogen) atoms. The van der Waals surface area contributed by atoms with Crippen LogP contribution >= 0.6 is 15.9 Å². The van der Waals surface area contributed by atoms with E-state index in [1.165, 1.54) is 5.56 Å². The van der Waals surface area contributed by atoms with Crippen molar-refractivity contribution in [1.29, 1.82) is 0 Å². The van der Waals surface area contributed by atoms with Gasteiger partial charge in [-0.2, -0.15) is 5.10 Å². The highest BCUT2D eigenvalue weighted by molar-refractivity contribution is 9.10. The zero-order chi connectivity index (χ0) is 15.9. The number of ether oxygens (including phenoxy) is 1. The lowest BCUT2D eigenvalue weighted by atomic mass is 10.2. The average molecular weight is 366 g/mol. The Kier molecular flexibility index (Phi) is 6.00. The zero-order valence-corrected chi connectivity index (χ0v) is 14.4. The van der Waals surface area contributed by atoms with E-state index in [1.807, 2.05) is 38.1 Å². The van der Waals surface area contributed by atoms with Gasteiger partial charge in [0.2, 0.25) is 0 Å². The Hall–Kier alpha value is -1.82. The van der Waals surface area contributed by atoms with E-state index in [0.717, 1.165) is 24.3 Å². The molecule has 118 valence electrons. The molecule has 1 aromatic carbocycles. The van der Waals surface area contributed by atoms with E-state index in [1.54, 1.807) is 0 Å². The molecule has 0 bridgehead atoms. The van der Waals surface area contributed by atoms with Gasteiger partial charge in [0.25, 0.3) is 5.91 Å². The van der Waals surface area contributed by atoms with Crippen LogP contribution in [0.4, 0.5) is 0 Å². The van der Waals surface area contributed by atoms with Crippen LogP contribution in [0.5, 0.6) is 5.75 Å². The maximum absolute atomic E-state index is 11.9. The summed E-state index contributed by atoms with van der Waals surface area (Å²) in [7, 11) is 0. The Bertz CT molecular complexity index is 623. The fourth-order valence-electron chi connectivity index (χ4n) is 1.90. The van der Waals surface area contributed by atoms with Gasteiger partial charge in [0, 0.05) is 12.2 Å². The van der Waals surface area contributed by atoms with Gasteiger partial charge in [-0.05, 0) is 54.8 Å². The van der Waals surface area contributed by atoms with E-state index < -0.39 is 0 Å². The van der Waals surface area contributed by atoms with Gasteiger partial charge in [-0.1, -0.05) is 17.7 Å². The highest BCUT2D eigenvalue weighted by Crippen LogP contribution is 2.17. The quantitative estimate of drug-likeness (QED) is 0.739. The first kappa shape index (κ1) is 16.5. The molecule has 0 unspecified atom stereocenters. The molecule has 0 aliphatic rings. The Morgan fingerprint density at radius 2 is 2.00 bits per heavy atom. The number of benzene rings is 1. The van der Waals surface area contributed by atoms with Crippen molar-refractivity contribution in [3.63, 3.8) is 0 Å². The maximum Gasteiger partial charge on any atom is 0.272 e. The number of carbonyl (C=O) groups is 1. The molecule has 0 radical (unpaired) electrons. The first-order valence-corrected chi connectivity index (χ1v) is 8.05. The third-order valence-corrected chi connectivity index (χ3v) is 4.20. The Balaban J connectivity index is 1.62. The summed E-state index contributed by atoms with van der Waals surface area (Å²) in [4.78, 5) is 11.9. The molecule has 2 N–H and O–H groups in total.